The lowest BCUT2D eigenvalue weighted by molar-refractivity contribution is -0.305. The number of carbonyl (C=O) groups excluding carboxylic acids is 2. The van der Waals surface area contributed by atoms with Crippen LogP contribution in [-0.2, 0) is 23.8 Å². The molecule has 86 heavy (non-hydrogen) atoms. The molecule has 1 saturated heterocycles. The van der Waals surface area contributed by atoms with E-state index in [2.05, 4.69) is 148 Å². The van der Waals surface area contributed by atoms with E-state index in [1.165, 1.54) is 64.2 Å². The lowest BCUT2D eigenvalue weighted by atomic mass is 9.99. The summed E-state index contributed by atoms with van der Waals surface area (Å²) in [6.07, 6.45) is 76.2. The van der Waals surface area contributed by atoms with E-state index in [1.54, 1.807) is 6.08 Å². The van der Waals surface area contributed by atoms with Gasteiger partial charge in [-0.3, -0.25) is 9.59 Å². The normalized spacial score (nSPS) is 19.2. The Balaban J connectivity index is 2.63. The van der Waals surface area contributed by atoms with Crippen molar-refractivity contribution in [1.82, 2.24) is 5.32 Å². The number of carbonyl (C=O) groups is 2. The van der Waals surface area contributed by atoms with E-state index in [4.69, 9.17) is 14.2 Å². The van der Waals surface area contributed by atoms with Crippen molar-refractivity contribution < 1.29 is 49.3 Å². The lowest BCUT2D eigenvalue weighted by Gasteiger charge is -2.41. The molecular formula is C75H125NO10. The average Bonchev–Trinajstić information content (AvgIpc) is 3.68. The van der Waals surface area contributed by atoms with Crippen molar-refractivity contribution in [2.75, 3.05) is 13.2 Å². The van der Waals surface area contributed by atoms with Gasteiger partial charge in [0.15, 0.2) is 12.4 Å². The number of amides is 1. The van der Waals surface area contributed by atoms with Crippen molar-refractivity contribution in [3.05, 3.63) is 134 Å². The van der Waals surface area contributed by atoms with Crippen molar-refractivity contribution in [2.45, 2.75) is 314 Å². The molecule has 11 nitrogen and oxygen atoms in total. The minimum Gasteiger partial charge on any atom is -0.454 e. The molecule has 1 aliphatic rings. The Morgan fingerprint density at radius 2 is 0.837 bits per heavy atom. The Morgan fingerprint density at radius 3 is 1.26 bits per heavy atom. The van der Waals surface area contributed by atoms with Crippen molar-refractivity contribution in [1.29, 1.82) is 0 Å². The van der Waals surface area contributed by atoms with Crippen molar-refractivity contribution in [2.24, 2.45) is 0 Å². The van der Waals surface area contributed by atoms with Crippen LogP contribution in [0.3, 0.4) is 0 Å². The number of aliphatic hydroxyl groups excluding tert-OH is 5. The molecule has 1 fully saturated rings. The first-order valence-electron chi connectivity index (χ1n) is 34.5. The average molecular weight is 1200 g/mol. The van der Waals surface area contributed by atoms with Gasteiger partial charge in [0.2, 0.25) is 5.91 Å². The molecule has 0 bridgehead atoms. The van der Waals surface area contributed by atoms with E-state index in [1.807, 2.05) is 6.08 Å². The highest BCUT2D eigenvalue weighted by atomic mass is 16.7. The van der Waals surface area contributed by atoms with Gasteiger partial charge in [-0.1, -0.05) is 276 Å². The first-order chi connectivity index (χ1) is 42.2. The number of hydrogen-bond donors (Lipinski definition) is 6. The molecule has 0 aromatic rings. The number of hydrogen-bond acceptors (Lipinski definition) is 10. The summed E-state index contributed by atoms with van der Waals surface area (Å²) in [4.78, 5) is 26.7. The van der Waals surface area contributed by atoms with E-state index in [0.29, 0.717) is 12.8 Å². The second-order valence-corrected chi connectivity index (χ2v) is 23.1. The third-order valence-corrected chi connectivity index (χ3v) is 15.3. The van der Waals surface area contributed by atoms with Gasteiger partial charge >= 0.3 is 5.97 Å². The third kappa shape index (κ3) is 47.8. The van der Waals surface area contributed by atoms with Crippen LogP contribution in [0.15, 0.2) is 134 Å². The molecule has 1 rings (SSSR count). The number of nitrogens with one attached hydrogen (secondary N) is 1. The summed E-state index contributed by atoms with van der Waals surface area (Å²) in [5.41, 5.74) is 0. The molecule has 8 atom stereocenters. The van der Waals surface area contributed by atoms with Gasteiger partial charge in [0, 0.05) is 6.42 Å². The number of rotatable bonds is 57. The Labute approximate surface area is 524 Å². The predicted octanol–water partition coefficient (Wildman–Crippen LogP) is 17.6. The molecule has 0 aromatic heterocycles. The third-order valence-electron chi connectivity index (χ3n) is 15.3. The predicted molar refractivity (Wildman–Crippen MR) is 361 cm³/mol. The van der Waals surface area contributed by atoms with Crippen LogP contribution in [0.2, 0.25) is 0 Å². The molecule has 0 aromatic carbocycles. The van der Waals surface area contributed by atoms with E-state index < -0.39 is 67.4 Å². The van der Waals surface area contributed by atoms with Crippen LogP contribution in [0.4, 0.5) is 0 Å². The zero-order chi connectivity index (χ0) is 62.4. The number of aliphatic hydroxyl groups is 5. The standard InChI is InChI=1S/C75H125NO10/c1-4-7-10-13-16-19-22-25-27-29-31-33-34-35-37-38-40-42-44-47-50-53-56-59-62-68(79)74(83)76-66(67(78)61-58-55-52-49-46-24-21-18-15-12-9-6-3)65-84-75-73(72(82)71(81)69(64-77)85-75)86-70(80)63-60-57-54-51-48-45-43-41-39-36-32-30-28-26-23-20-17-14-11-8-5-2/h7-8,10-11,16-17,19-20,25-28,31-33,35-37,41,43,58,61,66-69,71-73,75,77-79,81-82H,4-6,9,12-15,18,21-24,29-30,34,38-40,42,44-57,59-60,62-65H2,1-3H3,(H,76,83)/b10-7-,11-8-,19-16-,20-17-,27-25-,28-26-,33-31-,36-32-,37-35-,43-41-,61-58+. The van der Waals surface area contributed by atoms with E-state index in [-0.39, 0.29) is 19.4 Å². The fourth-order valence-electron chi connectivity index (χ4n) is 9.94. The molecule has 1 aliphatic heterocycles. The highest BCUT2D eigenvalue weighted by Crippen LogP contribution is 2.26. The first kappa shape index (κ1) is 79.8. The van der Waals surface area contributed by atoms with Crippen LogP contribution in [0.1, 0.15) is 265 Å². The largest absolute Gasteiger partial charge is 0.454 e. The zero-order valence-corrected chi connectivity index (χ0v) is 54.4. The second-order valence-electron chi connectivity index (χ2n) is 23.1. The molecule has 490 valence electrons. The molecule has 0 spiro atoms. The van der Waals surface area contributed by atoms with Crippen LogP contribution in [0.25, 0.3) is 0 Å². The van der Waals surface area contributed by atoms with Crippen LogP contribution in [0, 0.1) is 0 Å². The maximum atomic E-state index is 13.5. The zero-order valence-electron chi connectivity index (χ0n) is 54.4. The van der Waals surface area contributed by atoms with E-state index >= 15 is 0 Å². The molecule has 1 heterocycles. The SMILES string of the molecule is CC/C=C\C/C=C\C/C=C\C/C=C\C/C=C\CCCCCCCCCCC(O)C(=O)NC(COC1OC(CO)C(O)C(O)C1OC(=O)CCCCCCC/C=C\C/C=C\C/C=C\C/C=C\C/C=C\CC)C(O)/C=C/CCCCCCCCCCCC. The maximum absolute atomic E-state index is 13.5. The van der Waals surface area contributed by atoms with E-state index in [9.17, 15) is 35.1 Å². The quantitative estimate of drug-likeness (QED) is 0.0195. The summed E-state index contributed by atoms with van der Waals surface area (Å²) >= 11 is 0. The van der Waals surface area contributed by atoms with Crippen LogP contribution < -0.4 is 5.32 Å². The van der Waals surface area contributed by atoms with Gasteiger partial charge in [-0.15, -0.1) is 0 Å². The number of ether oxygens (including phenoxy) is 3. The highest BCUT2D eigenvalue weighted by Gasteiger charge is 2.47. The molecule has 1 amide bonds. The first-order valence-corrected chi connectivity index (χ1v) is 34.5. The summed E-state index contributed by atoms with van der Waals surface area (Å²) in [5.74, 6) is -1.23. The summed E-state index contributed by atoms with van der Waals surface area (Å²) < 4.78 is 17.7. The summed E-state index contributed by atoms with van der Waals surface area (Å²) in [6, 6.07) is -1.04. The van der Waals surface area contributed by atoms with Gasteiger partial charge < -0.3 is 45.1 Å². The Morgan fingerprint density at radius 1 is 0.465 bits per heavy atom. The Hall–Kier alpha value is -4.20. The minimum atomic E-state index is -1.63. The minimum absolute atomic E-state index is 0.0936. The highest BCUT2D eigenvalue weighted by molar-refractivity contribution is 5.80. The number of unbranched alkanes of at least 4 members (excludes halogenated alkanes) is 23. The molecule has 8 unspecified atom stereocenters. The Kier molecular flexibility index (Phi) is 56.7. The maximum Gasteiger partial charge on any atom is 0.306 e. The number of allylic oxidation sites excluding steroid dienone is 21. The van der Waals surface area contributed by atoms with Gasteiger partial charge in [0.25, 0.3) is 0 Å². The van der Waals surface area contributed by atoms with Crippen molar-refractivity contribution in [3.63, 3.8) is 0 Å². The fraction of sp³-hybridized carbons (Fsp3) is 0.680. The molecular weight excluding hydrogens is 1070 g/mol. The lowest BCUT2D eigenvalue weighted by Crippen LogP contribution is -2.61. The summed E-state index contributed by atoms with van der Waals surface area (Å²) in [6.45, 7) is 5.55. The fourth-order valence-corrected chi connectivity index (χ4v) is 9.94. The van der Waals surface area contributed by atoms with Crippen molar-refractivity contribution >= 4 is 11.9 Å². The van der Waals surface area contributed by atoms with E-state index in [0.717, 1.165) is 154 Å². The van der Waals surface area contributed by atoms with Gasteiger partial charge in [-0.25, -0.2) is 0 Å². The second kappa shape index (κ2) is 61.1. The van der Waals surface area contributed by atoms with Crippen LogP contribution in [-0.4, -0.2) is 99.6 Å². The molecule has 11 heteroatoms. The molecule has 6 N–H and O–H groups in total. The topological polar surface area (TPSA) is 175 Å². The van der Waals surface area contributed by atoms with Gasteiger partial charge in [-0.2, -0.15) is 0 Å². The van der Waals surface area contributed by atoms with Gasteiger partial charge in [0.1, 0.15) is 24.4 Å². The van der Waals surface area contributed by atoms with Crippen LogP contribution in [0.5, 0.6) is 0 Å². The smallest absolute Gasteiger partial charge is 0.306 e. The molecule has 0 saturated carbocycles. The van der Waals surface area contributed by atoms with Crippen LogP contribution >= 0.6 is 0 Å². The number of esters is 1. The monoisotopic (exact) mass is 1200 g/mol. The van der Waals surface area contributed by atoms with Gasteiger partial charge in [-0.05, 0) is 116 Å². The Bertz CT molecular complexity index is 1910. The molecule has 0 aliphatic carbocycles. The van der Waals surface area contributed by atoms with Crippen molar-refractivity contribution in [3.8, 4) is 0 Å². The molecule has 0 radical (unpaired) electrons. The summed E-state index contributed by atoms with van der Waals surface area (Å²) in [5, 5.41) is 57.2. The van der Waals surface area contributed by atoms with Gasteiger partial charge in [0.05, 0.1) is 25.4 Å². The summed E-state index contributed by atoms with van der Waals surface area (Å²) in [7, 11) is 0.